The van der Waals surface area contributed by atoms with Gasteiger partial charge in [0.1, 0.15) is 0 Å². The first kappa shape index (κ1) is 14.4. The molecule has 20 heavy (non-hydrogen) atoms. The zero-order valence-electron chi connectivity index (χ0n) is 11.2. The quantitative estimate of drug-likeness (QED) is 0.823. The number of nitrogens with two attached hydrogens (primary N) is 1. The molecule has 1 atom stereocenters. The molecular formula is C16H16BrN3. The van der Waals surface area contributed by atoms with Crippen molar-refractivity contribution in [3.8, 4) is 6.07 Å². The van der Waals surface area contributed by atoms with Gasteiger partial charge in [-0.05, 0) is 48.4 Å². The van der Waals surface area contributed by atoms with Gasteiger partial charge in [0, 0.05) is 21.9 Å². The molecule has 2 aromatic carbocycles. The molecule has 3 N–H and O–H groups in total. The van der Waals surface area contributed by atoms with Crippen molar-refractivity contribution in [1.82, 2.24) is 0 Å². The Labute approximate surface area is 127 Å². The Kier molecular flexibility index (Phi) is 4.65. The number of nitriles is 1. The summed E-state index contributed by atoms with van der Waals surface area (Å²) in [4.78, 5) is 0. The van der Waals surface area contributed by atoms with Gasteiger partial charge < -0.3 is 11.1 Å². The van der Waals surface area contributed by atoms with Gasteiger partial charge in [-0.3, -0.25) is 0 Å². The predicted molar refractivity (Wildman–Crippen MR) is 86.4 cm³/mol. The molecule has 3 nitrogen and oxygen atoms in total. The average Bonchev–Trinajstić information content (AvgIpc) is 2.43. The molecule has 0 radical (unpaired) electrons. The highest BCUT2D eigenvalue weighted by Crippen LogP contribution is 2.24. The summed E-state index contributed by atoms with van der Waals surface area (Å²) < 4.78 is 1.07. The molecule has 1 unspecified atom stereocenters. The highest BCUT2D eigenvalue weighted by atomic mass is 79.9. The predicted octanol–water partition coefficient (Wildman–Crippen LogP) is 4.27. The number of nitrogens with one attached hydrogen (secondary N) is 1. The van der Waals surface area contributed by atoms with Gasteiger partial charge in [0.25, 0.3) is 0 Å². The Morgan fingerprint density at radius 2 is 1.95 bits per heavy atom. The molecule has 0 aliphatic heterocycles. The number of nitrogen functional groups attached to an aromatic ring is 1. The van der Waals surface area contributed by atoms with E-state index in [1.807, 2.05) is 30.3 Å². The smallest absolute Gasteiger partial charge is 0.0670 e. The van der Waals surface area contributed by atoms with Gasteiger partial charge in [-0.15, -0.1) is 0 Å². The highest BCUT2D eigenvalue weighted by Gasteiger charge is 2.07. The van der Waals surface area contributed by atoms with Crippen LogP contribution in [0.25, 0.3) is 0 Å². The SMILES string of the molecule is CC(Nc1ccc(N)c(CC#N)c1)c1ccc(Br)cc1. The summed E-state index contributed by atoms with van der Waals surface area (Å²) in [6, 6.07) is 16.2. The molecule has 2 aromatic rings. The number of hydrogen-bond donors (Lipinski definition) is 2. The lowest BCUT2D eigenvalue weighted by atomic mass is 10.1. The van der Waals surface area contributed by atoms with Crippen LogP contribution < -0.4 is 11.1 Å². The summed E-state index contributed by atoms with van der Waals surface area (Å²) in [6.45, 7) is 2.10. The Hall–Kier alpha value is -1.99. The van der Waals surface area contributed by atoms with E-state index in [9.17, 15) is 0 Å². The van der Waals surface area contributed by atoms with E-state index in [4.69, 9.17) is 11.0 Å². The molecule has 0 aromatic heterocycles. The van der Waals surface area contributed by atoms with Gasteiger partial charge in [-0.1, -0.05) is 28.1 Å². The third-order valence-electron chi connectivity index (χ3n) is 3.17. The zero-order valence-corrected chi connectivity index (χ0v) is 12.8. The molecule has 0 heterocycles. The van der Waals surface area contributed by atoms with E-state index in [0.29, 0.717) is 12.1 Å². The van der Waals surface area contributed by atoms with E-state index in [0.717, 1.165) is 15.7 Å². The monoisotopic (exact) mass is 329 g/mol. The average molecular weight is 330 g/mol. The van der Waals surface area contributed by atoms with Gasteiger partial charge in [0.05, 0.1) is 12.5 Å². The summed E-state index contributed by atoms with van der Waals surface area (Å²) in [5.74, 6) is 0. The highest BCUT2D eigenvalue weighted by molar-refractivity contribution is 9.10. The number of rotatable bonds is 4. The molecule has 0 fully saturated rings. The number of anilines is 2. The van der Waals surface area contributed by atoms with E-state index >= 15 is 0 Å². The van der Waals surface area contributed by atoms with Crippen molar-refractivity contribution >= 4 is 27.3 Å². The molecule has 0 saturated carbocycles. The van der Waals surface area contributed by atoms with E-state index < -0.39 is 0 Å². The molecule has 4 heteroatoms. The first-order chi connectivity index (χ1) is 9.60. The van der Waals surface area contributed by atoms with Crippen LogP contribution in [0, 0.1) is 11.3 Å². The van der Waals surface area contributed by atoms with Crippen LogP contribution in [0.2, 0.25) is 0 Å². The minimum Gasteiger partial charge on any atom is -0.398 e. The Morgan fingerprint density at radius 1 is 1.25 bits per heavy atom. The van der Waals surface area contributed by atoms with Crippen LogP contribution in [0.15, 0.2) is 46.9 Å². The third-order valence-corrected chi connectivity index (χ3v) is 3.69. The lowest BCUT2D eigenvalue weighted by Gasteiger charge is -2.17. The number of halogens is 1. The maximum Gasteiger partial charge on any atom is 0.0670 e. The van der Waals surface area contributed by atoms with E-state index in [2.05, 4.69) is 46.4 Å². The third kappa shape index (κ3) is 3.52. The lowest BCUT2D eigenvalue weighted by molar-refractivity contribution is 0.884. The second-order valence-corrected chi connectivity index (χ2v) is 5.58. The minimum atomic E-state index is 0.182. The fourth-order valence-corrected chi connectivity index (χ4v) is 2.28. The minimum absolute atomic E-state index is 0.182. The molecule has 102 valence electrons. The van der Waals surface area contributed by atoms with Crippen molar-refractivity contribution in [2.45, 2.75) is 19.4 Å². The van der Waals surface area contributed by atoms with Gasteiger partial charge >= 0.3 is 0 Å². The molecule has 0 aliphatic rings. The van der Waals surface area contributed by atoms with Gasteiger partial charge in [0.2, 0.25) is 0 Å². The Balaban J connectivity index is 2.15. The second kappa shape index (κ2) is 6.44. The Bertz CT molecular complexity index is 629. The van der Waals surface area contributed by atoms with Crippen LogP contribution in [-0.2, 0) is 6.42 Å². The summed E-state index contributed by atoms with van der Waals surface area (Å²) >= 11 is 3.43. The van der Waals surface area contributed by atoms with Crippen molar-refractivity contribution in [2.75, 3.05) is 11.1 Å². The van der Waals surface area contributed by atoms with Crippen LogP contribution in [0.1, 0.15) is 24.1 Å². The summed E-state index contributed by atoms with van der Waals surface area (Å²) in [7, 11) is 0. The second-order valence-electron chi connectivity index (χ2n) is 4.67. The van der Waals surface area contributed by atoms with Gasteiger partial charge in [-0.2, -0.15) is 5.26 Å². The fourth-order valence-electron chi connectivity index (χ4n) is 2.02. The first-order valence-electron chi connectivity index (χ1n) is 6.37. The molecule has 2 rings (SSSR count). The van der Waals surface area contributed by atoms with Crippen molar-refractivity contribution in [3.05, 3.63) is 58.1 Å². The van der Waals surface area contributed by atoms with E-state index in [1.165, 1.54) is 5.56 Å². The van der Waals surface area contributed by atoms with Crippen LogP contribution >= 0.6 is 15.9 Å². The summed E-state index contributed by atoms with van der Waals surface area (Å²) in [6.07, 6.45) is 0.327. The standard InChI is InChI=1S/C16H16BrN3/c1-11(12-2-4-14(17)5-3-12)20-15-6-7-16(19)13(10-15)8-9-18/h2-7,10-11,20H,8,19H2,1H3. The Morgan fingerprint density at radius 3 is 2.60 bits per heavy atom. The molecule has 0 amide bonds. The number of hydrogen-bond acceptors (Lipinski definition) is 3. The van der Waals surface area contributed by atoms with E-state index in [1.54, 1.807) is 0 Å². The number of nitrogens with zero attached hydrogens (tertiary/aromatic N) is 1. The zero-order chi connectivity index (χ0) is 14.5. The summed E-state index contributed by atoms with van der Waals surface area (Å²) in [5.41, 5.74) is 9.55. The maximum atomic E-state index is 8.79. The lowest BCUT2D eigenvalue weighted by Crippen LogP contribution is -2.07. The molecule has 0 saturated heterocycles. The van der Waals surface area contributed by atoms with Gasteiger partial charge in [0.15, 0.2) is 0 Å². The van der Waals surface area contributed by atoms with Crippen molar-refractivity contribution < 1.29 is 0 Å². The molecule has 0 spiro atoms. The van der Waals surface area contributed by atoms with Crippen molar-refractivity contribution in [2.24, 2.45) is 0 Å². The van der Waals surface area contributed by atoms with Gasteiger partial charge in [-0.25, -0.2) is 0 Å². The van der Waals surface area contributed by atoms with Crippen LogP contribution in [-0.4, -0.2) is 0 Å². The van der Waals surface area contributed by atoms with Crippen molar-refractivity contribution in [1.29, 1.82) is 5.26 Å². The van der Waals surface area contributed by atoms with Crippen LogP contribution in [0.3, 0.4) is 0 Å². The van der Waals surface area contributed by atoms with Crippen molar-refractivity contribution in [3.63, 3.8) is 0 Å². The molecule has 0 bridgehead atoms. The normalized spacial score (nSPS) is 11.7. The summed E-state index contributed by atoms with van der Waals surface area (Å²) in [5, 5.41) is 12.2. The molecule has 0 aliphatic carbocycles. The number of benzene rings is 2. The van der Waals surface area contributed by atoms with E-state index in [-0.39, 0.29) is 6.04 Å². The largest absolute Gasteiger partial charge is 0.398 e. The topological polar surface area (TPSA) is 61.8 Å². The maximum absolute atomic E-state index is 8.79. The van der Waals surface area contributed by atoms with Crippen LogP contribution in [0.4, 0.5) is 11.4 Å². The first-order valence-corrected chi connectivity index (χ1v) is 7.17. The van der Waals surface area contributed by atoms with Crippen LogP contribution in [0.5, 0.6) is 0 Å². The molecular weight excluding hydrogens is 314 g/mol. The fraction of sp³-hybridized carbons (Fsp3) is 0.188.